The van der Waals surface area contributed by atoms with E-state index in [2.05, 4.69) is 30.2 Å². The molecule has 7 heterocycles. The summed E-state index contributed by atoms with van der Waals surface area (Å²) in [5.74, 6) is -0.312. The SMILES string of the molecule is Nc1nc2c(nnn2[C@@H]2O[C@@H]3OCP(=O)(O)O[C@@H]4C(O)[C@H](n5cnc6c(N)ccnc65)O[C@@H]4COP(=O)(O)O[C@@H]3C2O)c(=O)[nH]1. The number of hydrogen-bond donors (Lipinski definition) is 7. The Bertz CT molecular complexity index is 1940. The van der Waals surface area contributed by atoms with Crippen LogP contribution in [0.25, 0.3) is 22.3 Å². The number of fused-ring (bicyclic) bond motifs is 4. The van der Waals surface area contributed by atoms with Crippen molar-refractivity contribution in [3.8, 4) is 0 Å². The van der Waals surface area contributed by atoms with Crippen LogP contribution in [0.1, 0.15) is 12.5 Å². The standard InChI is InChI=1S/C20H24N10O13P2/c21-6-1-2-23-14-8(6)24-4-29(14)17-10(31)12-7(40-17)3-39-45(36,37)43-13-11(32)18(41-19(13)38-5-44(34,35)42-12)30-15-9(27-28-30)16(33)26-20(22)25-15/h1-2,4,7,10-13,17-19,31-32H,3,5H2,(H2,21,23)(H,34,35)(H,36,37)(H3,22,25,26,33)/t7-,10?,11?,12+,13-,17-,18-,19+/m1/s1. The Morgan fingerprint density at radius 2 is 1.78 bits per heavy atom. The summed E-state index contributed by atoms with van der Waals surface area (Å²) in [5.41, 5.74) is 11.1. The van der Waals surface area contributed by atoms with Gasteiger partial charge in [-0.15, -0.1) is 5.10 Å². The van der Waals surface area contributed by atoms with Gasteiger partial charge in [0.2, 0.25) is 5.95 Å². The molecule has 242 valence electrons. The number of phosphoric acid groups is 1. The van der Waals surface area contributed by atoms with Crippen molar-refractivity contribution in [1.82, 2.24) is 39.5 Å². The van der Waals surface area contributed by atoms with E-state index in [0.717, 1.165) is 4.68 Å². The zero-order valence-corrected chi connectivity index (χ0v) is 24.2. The molecular weight excluding hydrogens is 650 g/mol. The van der Waals surface area contributed by atoms with E-state index in [1.165, 1.54) is 23.2 Å². The molecule has 0 saturated carbocycles. The summed E-state index contributed by atoms with van der Waals surface area (Å²) in [6, 6.07) is 1.51. The molecule has 0 spiro atoms. The Hall–Kier alpha value is -3.44. The van der Waals surface area contributed by atoms with Crippen LogP contribution in [-0.2, 0) is 36.9 Å². The molecule has 3 aliphatic heterocycles. The van der Waals surface area contributed by atoms with Crippen molar-refractivity contribution in [2.24, 2.45) is 0 Å². The summed E-state index contributed by atoms with van der Waals surface area (Å²) >= 11 is 0. The number of phosphoric ester groups is 1. The zero-order valence-electron chi connectivity index (χ0n) is 22.4. The zero-order chi connectivity index (χ0) is 31.8. The maximum absolute atomic E-state index is 13.2. The fourth-order valence-electron chi connectivity index (χ4n) is 5.19. The monoisotopic (exact) mass is 674 g/mol. The van der Waals surface area contributed by atoms with E-state index in [-0.39, 0.29) is 28.4 Å². The van der Waals surface area contributed by atoms with Crippen LogP contribution in [0, 0.1) is 0 Å². The van der Waals surface area contributed by atoms with E-state index in [1.807, 2.05) is 0 Å². The van der Waals surface area contributed by atoms with Gasteiger partial charge in [-0.05, 0) is 6.07 Å². The molecule has 4 aromatic heterocycles. The van der Waals surface area contributed by atoms with Gasteiger partial charge in [-0.2, -0.15) is 9.67 Å². The van der Waals surface area contributed by atoms with Crippen molar-refractivity contribution in [3.05, 3.63) is 28.9 Å². The highest BCUT2D eigenvalue weighted by molar-refractivity contribution is 7.52. The van der Waals surface area contributed by atoms with Crippen LogP contribution >= 0.6 is 15.4 Å². The van der Waals surface area contributed by atoms with Gasteiger partial charge in [0, 0.05) is 6.20 Å². The van der Waals surface area contributed by atoms with E-state index < -0.39 is 83.2 Å². The third-order valence-electron chi connectivity index (χ3n) is 7.19. The Kier molecular flexibility index (Phi) is 7.27. The van der Waals surface area contributed by atoms with Crippen LogP contribution in [0.4, 0.5) is 11.6 Å². The second kappa shape index (κ2) is 10.8. The van der Waals surface area contributed by atoms with Crippen molar-refractivity contribution in [1.29, 1.82) is 0 Å². The number of aliphatic hydroxyl groups is 2. The first kappa shape index (κ1) is 30.2. The number of aliphatic hydroxyl groups excluding tert-OH is 2. The van der Waals surface area contributed by atoms with Crippen LogP contribution in [0.2, 0.25) is 0 Å². The minimum absolute atomic E-state index is 0.208. The molecule has 0 aromatic carbocycles. The molecule has 0 amide bonds. The van der Waals surface area contributed by atoms with Crippen LogP contribution < -0.4 is 17.0 Å². The molecule has 9 N–H and O–H groups in total. The fourth-order valence-corrected chi connectivity index (χ4v) is 7.15. The normalized spacial score (nSPS) is 37.7. The van der Waals surface area contributed by atoms with Crippen LogP contribution in [0.5, 0.6) is 0 Å². The second-order valence-corrected chi connectivity index (χ2v) is 13.3. The van der Waals surface area contributed by atoms with Crippen LogP contribution in [0.15, 0.2) is 23.4 Å². The molecule has 3 saturated heterocycles. The van der Waals surface area contributed by atoms with Gasteiger partial charge in [0.25, 0.3) is 5.56 Å². The molecule has 3 fully saturated rings. The van der Waals surface area contributed by atoms with Gasteiger partial charge in [-0.3, -0.25) is 32.5 Å². The van der Waals surface area contributed by atoms with Crippen molar-refractivity contribution in [3.63, 3.8) is 0 Å². The molecule has 7 rings (SSSR count). The smallest absolute Gasteiger partial charge is 0.397 e. The van der Waals surface area contributed by atoms with Gasteiger partial charge < -0.3 is 45.7 Å². The Labute approximate surface area is 248 Å². The summed E-state index contributed by atoms with van der Waals surface area (Å²) < 4.78 is 60.9. The van der Waals surface area contributed by atoms with Crippen molar-refractivity contribution in [2.45, 2.75) is 49.3 Å². The average Bonchev–Trinajstić information content (AvgIpc) is 3.72. The molecule has 3 aliphatic rings. The number of nitrogens with zero attached hydrogens (tertiary/aromatic N) is 7. The average molecular weight is 674 g/mol. The van der Waals surface area contributed by atoms with E-state index in [9.17, 15) is 33.9 Å². The largest absolute Gasteiger partial charge is 0.472 e. The van der Waals surface area contributed by atoms with Crippen molar-refractivity contribution in [2.75, 3.05) is 24.4 Å². The summed E-state index contributed by atoms with van der Waals surface area (Å²) in [6.45, 7) is -0.799. The third-order valence-corrected chi connectivity index (χ3v) is 9.22. The first-order chi connectivity index (χ1) is 21.3. The van der Waals surface area contributed by atoms with Crippen molar-refractivity contribution >= 4 is 49.4 Å². The molecule has 23 nitrogen and oxygen atoms in total. The van der Waals surface area contributed by atoms with Gasteiger partial charge in [0.05, 0.1) is 18.6 Å². The number of pyridine rings is 1. The number of imidazole rings is 1. The lowest BCUT2D eigenvalue weighted by Crippen LogP contribution is -2.39. The van der Waals surface area contributed by atoms with E-state index in [1.54, 1.807) is 0 Å². The number of nitrogen functional groups attached to an aromatic ring is 2. The fraction of sp³-hybridized carbons (Fsp3) is 0.500. The van der Waals surface area contributed by atoms with E-state index in [4.69, 9.17) is 39.2 Å². The third kappa shape index (κ3) is 5.31. The predicted molar refractivity (Wildman–Crippen MR) is 143 cm³/mol. The summed E-state index contributed by atoms with van der Waals surface area (Å²) in [4.78, 5) is 47.9. The lowest BCUT2D eigenvalue weighted by atomic mass is 10.1. The Morgan fingerprint density at radius 1 is 1.00 bits per heavy atom. The van der Waals surface area contributed by atoms with Gasteiger partial charge in [0.15, 0.2) is 48.0 Å². The van der Waals surface area contributed by atoms with E-state index >= 15 is 0 Å². The summed E-state index contributed by atoms with van der Waals surface area (Å²) in [5, 5.41) is 29.6. The van der Waals surface area contributed by atoms with Gasteiger partial charge in [-0.25, -0.2) is 14.5 Å². The minimum atomic E-state index is -5.09. The Balaban J connectivity index is 1.17. The number of aromatic amines is 1. The van der Waals surface area contributed by atoms with Gasteiger partial charge in [0.1, 0.15) is 29.9 Å². The molecular formula is C20H24N10O13P2. The van der Waals surface area contributed by atoms with Gasteiger partial charge in [-0.1, -0.05) is 5.21 Å². The number of aromatic nitrogens is 8. The predicted octanol–water partition coefficient (Wildman–Crippen LogP) is -2.34. The van der Waals surface area contributed by atoms with Crippen LogP contribution in [-0.4, -0.2) is 109 Å². The minimum Gasteiger partial charge on any atom is -0.397 e. The molecule has 0 aliphatic carbocycles. The molecule has 10 atom stereocenters. The lowest BCUT2D eigenvalue weighted by Gasteiger charge is -2.28. The van der Waals surface area contributed by atoms with Crippen LogP contribution in [0.3, 0.4) is 0 Å². The number of H-pyrrole nitrogens is 1. The highest BCUT2D eigenvalue weighted by Crippen LogP contribution is 2.53. The maximum Gasteiger partial charge on any atom is 0.472 e. The number of nitrogens with one attached hydrogen (secondary N) is 1. The van der Waals surface area contributed by atoms with E-state index in [0.29, 0.717) is 5.52 Å². The highest BCUT2D eigenvalue weighted by atomic mass is 31.2. The van der Waals surface area contributed by atoms with Crippen molar-refractivity contribution < 1.29 is 56.9 Å². The quantitative estimate of drug-likeness (QED) is 0.109. The molecule has 45 heavy (non-hydrogen) atoms. The maximum atomic E-state index is 13.2. The number of ether oxygens (including phenoxy) is 3. The molecule has 4 unspecified atom stereocenters. The number of anilines is 2. The highest BCUT2D eigenvalue weighted by Gasteiger charge is 2.54. The molecule has 25 heteroatoms. The second-order valence-electron chi connectivity index (χ2n) is 10.2. The topological polar surface area (TPSA) is 330 Å². The lowest BCUT2D eigenvalue weighted by molar-refractivity contribution is -0.170. The Morgan fingerprint density at radius 3 is 2.58 bits per heavy atom. The number of nitrogens with two attached hydrogens (primary N) is 2. The first-order valence-electron chi connectivity index (χ1n) is 12.9. The van der Waals surface area contributed by atoms with Gasteiger partial charge >= 0.3 is 15.4 Å². The number of hydrogen-bond acceptors (Lipinski definition) is 18. The molecule has 4 aromatic rings. The molecule has 0 radical (unpaired) electrons. The summed E-state index contributed by atoms with van der Waals surface area (Å²) in [6.07, 6.45) is -11.6. The first-order valence-corrected chi connectivity index (χ1v) is 16.2. The summed E-state index contributed by atoms with van der Waals surface area (Å²) in [7, 11) is -9.87. The molecule has 0 bridgehead atoms. The number of rotatable bonds is 2.